The second-order valence-electron chi connectivity index (χ2n) is 5.65. The highest BCUT2D eigenvalue weighted by Crippen LogP contribution is 2.31. The Kier molecular flexibility index (Phi) is 4.19. The standard InChI is InChI=1S/C14H18N4O3S/c1-17-9-14(21-13(17)20)4-2-7-18(10-14)11(19)8-22-12-15-5-3-6-16-12/h3,5-6H,2,4,7-10H2,1H3/t14-/m0/s1. The van der Waals surface area contributed by atoms with Gasteiger partial charge < -0.3 is 14.5 Å². The molecule has 1 atom stereocenters. The Hall–Kier alpha value is -1.83. The molecule has 2 aliphatic heterocycles. The topological polar surface area (TPSA) is 75.6 Å². The lowest BCUT2D eigenvalue weighted by atomic mass is 9.93. The Morgan fingerprint density at radius 2 is 2.18 bits per heavy atom. The maximum atomic E-state index is 12.4. The number of likely N-dealkylation sites (N-methyl/N-ethyl adjacent to an activating group) is 1. The minimum Gasteiger partial charge on any atom is -0.439 e. The Morgan fingerprint density at radius 3 is 2.86 bits per heavy atom. The summed E-state index contributed by atoms with van der Waals surface area (Å²) in [6.45, 7) is 1.72. The van der Waals surface area contributed by atoms with Crippen LogP contribution in [0.25, 0.3) is 0 Å². The number of thioether (sulfide) groups is 1. The number of aromatic nitrogens is 2. The number of piperidine rings is 1. The van der Waals surface area contributed by atoms with Crippen LogP contribution < -0.4 is 0 Å². The molecule has 1 spiro atoms. The summed E-state index contributed by atoms with van der Waals surface area (Å²) in [7, 11) is 1.72. The first-order valence-electron chi connectivity index (χ1n) is 7.20. The molecular weight excluding hydrogens is 304 g/mol. The predicted octanol–water partition coefficient (Wildman–Crippen LogP) is 1.01. The first kappa shape index (κ1) is 15.1. The van der Waals surface area contributed by atoms with Crippen molar-refractivity contribution in [2.75, 3.05) is 32.4 Å². The fraction of sp³-hybridized carbons (Fsp3) is 0.571. The van der Waals surface area contributed by atoms with Crippen LogP contribution in [0.4, 0.5) is 4.79 Å². The van der Waals surface area contributed by atoms with Crippen LogP contribution in [0, 0.1) is 0 Å². The zero-order valence-electron chi connectivity index (χ0n) is 12.4. The van der Waals surface area contributed by atoms with Crippen molar-refractivity contribution in [2.45, 2.75) is 23.6 Å². The lowest BCUT2D eigenvalue weighted by Gasteiger charge is -2.38. The minimum atomic E-state index is -0.534. The van der Waals surface area contributed by atoms with E-state index in [0.717, 1.165) is 12.8 Å². The maximum Gasteiger partial charge on any atom is 0.410 e. The van der Waals surface area contributed by atoms with Gasteiger partial charge in [0.1, 0.15) is 5.60 Å². The van der Waals surface area contributed by atoms with Crippen LogP contribution in [-0.4, -0.2) is 69.8 Å². The summed E-state index contributed by atoms with van der Waals surface area (Å²) in [4.78, 5) is 35.5. The van der Waals surface area contributed by atoms with Crippen LogP contribution in [0.5, 0.6) is 0 Å². The Labute approximate surface area is 133 Å². The van der Waals surface area contributed by atoms with Crippen LogP contribution in [0.2, 0.25) is 0 Å². The molecule has 2 saturated heterocycles. The summed E-state index contributed by atoms with van der Waals surface area (Å²) in [5, 5.41) is 0.592. The van der Waals surface area contributed by atoms with Gasteiger partial charge in [0, 0.05) is 26.0 Å². The third-order valence-corrected chi connectivity index (χ3v) is 4.76. The summed E-state index contributed by atoms with van der Waals surface area (Å²) in [6.07, 6.45) is 4.66. The highest BCUT2D eigenvalue weighted by molar-refractivity contribution is 7.99. The lowest BCUT2D eigenvalue weighted by Crippen LogP contribution is -2.52. The summed E-state index contributed by atoms with van der Waals surface area (Å²) in [5.74, 6) is 0.325. The smallest absolute Gasteiger partial charge is 0.410 e. The molecule has 0 unspecified atom stereocenters. The van der Waals surface area contributed by atoms with E-state index in [0.29, 0.717) is 30.5 Å². The molecule has 7 nitrogen and oxygen atoms in total. The first-order valence-corrected chi connectivity index (χ1v) is 8.18. The van der Waals surface area contributed by atoms with Crippen LogP contribution in [0.15, 0.2) is 23.6 Å². The number of nitrogens with zero attached hydrogens (tertiary/aromatic N) is 4. The second-order valence-corrected chi connectivity index (χ2v) is 6.59. The molecule has 2 aliphatic rings. The van der Waals surface area contributed by atoms with Crippen molar-refractivity contribution in [2.24, 2.45) is 0 Å². The second kappa shape index (κ2) is 6.12. The molecule has 0 saturated carbocycles. The molecule has 3 heterocycles. The van der Waals surface area contributed by atoms with Gasteiger partial charge in [0.05, 0.1) is 18.8 Å². The molecule has 1 aromatic rings. The molecular formula is C14H18N4O3S. The van der Waals surface area contributed by atoms with Gasteiger partial charge >= 0.3 is 6.09 Å². The van der Waals surface area contributed by atoms with E-state index in [2.05, 4.69) is 9.97 Å². The molecule has 22 heavy (non-hydrogen) atoms. The van der Waals surface area contributed by atoms with Gasteiger partial charge in [0.15, 0.2) is 5.16 Å². The van der Waals surface area contributed by atoms with E-state index >= 15 is 0 Å². The van der Waals surface area contributed by atoms with Gasteiger partial charge in [0.2, 0.25) is 5.91 Å². The Bertz CT molecular complexity index is 570. The number of carbonyl (C=O) groups is 2. The van der Waals surface area contributed by atoms with Gasteiger partial charge in [-0.15, -0.1) is 0 Å². The number of rotatable bonds is 3. The Balaban J connectivity index is 1.58. The number of carbonyl (C=O) groups excluding carboxylic acids is 2. The van der Waals surface area contributed by atoms with E-state index in [1.807, 2.05) is 0 Å². The summed E-state index contributed by atoms with van der Waals surface area (Å²) < 4.78 is 5.51. The van der Waals surface area contributed by atoms with E-state index in [4.69, 9.17) is 4.74 Å². The zero-order valence-corrected chi connectivity index (χ0v) is 13.2. The van der Waals surface area contributed by atoms with Crippen molar-refractivity contribution in [1.82, 2.24) is 19.8 Å². The van der Waals surface area contributed by atoms with Crippen molar-refractivity contribution in [3.05, 3.63) is 18.5 Å². The zero-order chi connectivity index (χ0) is 15.6. The molecule has 118 valence electrons. The third kappa shape index (κ3) is 3.16. The summed E-state index contributed by atoms with van der Waals surface area (Å²) in [6, 6.07) is 1.74. The average molecular weight is 322 g/mol. The molecule has 0 bridgehead atoms. The highest BCUT2D eigenvalue weighted by Gasteiger charge is 2.47. The van der Waals surface area contributed by atoms with Gasteiger partial charge in [-0.05, 0) is 18.9 Å². The number of amides is 2. The van der Waals surface area contributed by atoms with Crippen LogP contribution in [-0.2, 0) is 9.53 Å². The van der Waals surface area contributed by atoms with Crippen LogP contribution in [0.1, 0.15) is 12.8 Å². The molecule has 1 aromatic heterocycles. The van der Waals surface area contributed by atoms with E-state index in [1.54, 1.807) is 35.3 Å². The van der Waals surface area contributed by atoms with E-state index < -0.39 is 5.60 Å². The minimum absolute atomic E-state index is 0.0298. The number of hydrogen-bond acceptors (Lipinski definition) is 6. The van der Waals surface area contributed by atoms with Crippen molar-refractivity contribution in [3.63, 3.8) is 0 Å². The molecule has 2 amide bonds. The fourth-order valence-corrected chi connectivity index (χ4v) is 3.60. The van der Waals surface area contributed by atoms with Gasteiger partial charge in [-0.1, -0.05) is 11.8 Å². The van der Waals surface area contributed by atoms with E-state index in [-0.39, 0.29) is 12.0 Å². The average Bonchev–Trinajstić information content (AvgIpc) is 2.79. The van der Waals surface area contributed by atoms with Crippen LogP contribution >= 0.6 is 11.8 Å². The monoisotopic (exact) mass is 322 g/mol. The van der Waals surface area contributed by atoms with Gasteiger partial charge in [0.25, 0.3) is 0 Å². The summed E-state index contributed by atoms with van der Waals surface area (Å²) in [5.41, 5.74) is -0.534. The first-order chi connectivity index (χ1) is 10.6. The summed E-state index contributed by atoms with van der Waals surface area (Å²) >= 11 is 1.32. The maximum absolute atomic E-state index is 12.4. The fourth-order valence-electron chi connectivity index (χ4n) is 2.89. The highest BCUT2D eigenvalue weighted by atomic mass is 32.2. The Morgan fingerprint density at radius 1 is 1.41 bits per heavy atom. The normalized spacial score (nSPS) is 24.7. The molecule has 0 aliphatic carbocycles. The largest absolute Gasteiger partial charge is 0.439 e. The number of ether oxygens (including phenoxy) is 1. The molecule has 0 N–H and O–H groups in total. The van der Waals surface area contributed by atoms with Gasteiger partial charge in [-0.2, -0.15) is 0 Å². The molecule has 2 fully saturated rings. The van der Waals surface area contributed by atoms with Gasteiger partial charge in [-0.25, -0.2) is 14.8 Å². The molecule has 8 heteroatoms. The molecule has 0 radical (unpaired) electrons. The molecule has 0 aromatic carbocycles. The lowest BCUT2D eigenvalue weighted by molar-refractivity contribution is -0.133. The third-order valence-electron chi connectivity index (χ3n) is 3.90. The van der Waals surface area contributed by atoms with Gasteiger partial charge in [-0.3, -0.25) is 4.79 Å². The van der Waals surface area contributed by atoms with Crippen LogP contribution in [0.3, 0.4) is 0 Å². The number of hydrogen-bond donors (Lipinski definition) is 0. The SMILES string of the molecule is CN1C[C@]2(CCCN(C(=O)CSc3ncccn3)C2)OC1=O. The predicted molar refractivity (Wildman–Crippen MR) is 80.4 cm³/mol. The van der Waals surface area contributed by atoms with Crippen molar-refractivity contribution in [1.29, 1.82) is 0 Å². The van der Waals surface area contributed by atoms with Crippen molar-refractivity contribution in [3.8, 4) is 0 Å². The molecule has 3 rings (SSSR count). The van der Waals surface area contributed by atoms with Crippen molar-refractivity contribution >= 4 is 23.8 Å². The number of likely N-dealkylation sites (tertiary alicyclic amines) is 1. The van der Waals surface area contributed by atoms with E-state index in [9.17, 15) is 9.59 Å². The van der Waals surface area contributed by atoms with E-state index in [1.165, 1.54) is 11.8 Å². The quantitative estimate of drug-likeness (QED) is 0.611. The van der Waals surface area contributed by atoms with Crippen molar-refractivity contribution < 1.29 is 14.3 Å².